The standard InChI is InChI=1S/C25H26FN3O3/c1-17-4-2-5-18(14-17)22-9-8-21(25(31)28-22)24(30)27-16-23(29-10-12-32-13-11-29)19-6-3-7-20(26)15-19/h2-9,14-15,23H,10-13,16H2,1H3,(H,27,30)(H,28,31). The van der Waals surface area contributed by atoms with Gasteiger partial charge >= 0.3 is 0 Å². The molecule has 1 amide bonds. The fourth-order valence-electron chi connectivity index (χ4n) is 3.98. The fourth-order valence-corrected chi connectivity index (χ4v) is 3.98. The molecule has 2 heterocycles. The van der Waals surface area contributed by atoms with Crippen LogP contribution in [-0.2, 0) is 4.74 Å². The summed E-state index contributed by atoms with van der Waals surface area (Å²) in [5.74, 6) is -0.785. The average molecular weight is 435 g/mol. The first-order valence-electron chi connectivity index (χ1n) is 10.7. The molecule has 166 valence electrons. The normalized spacial score (nSPS) is 15.3. The number of pyridine rings is 1. The van der Waals surface area contributed by atoms with Crippen LogP contribution in [0.4, 0.5) is 4.39 Å². The molecule has 1 atom stereocenters. The number of morpholine rings is 1. The first-order chi connectivity index (χ1) is 15.5. The van der Waals surface area contributed by atoms with Crippen molar-refractivity contribution in [2.24, 2.45) is 0 Å². The Morgan fingerprint density at radius 2 is 1.91 bits per heavy atom. The summed E-state index contributed by atoms with van der Waals surface area (Å²) in [5, 5.41) is 2.86. The average Bonchev–Trinajstić information content (AvgIpc) is 2.80. The van der Waals surface area contributed by atoms with E-state index in [9.17, 15) is 14.0 Å². The Bertz CT molecular complexity index is 1150. The SMILES string of the molecule is Cc1cccc(-c2ccc(C(=O)NCC(c3cccc(F)c3)N3CCOCC3)c(=O)[nH]2)c1. The van der Waals surface area contributed by atoms with Gasteiger partial charge in [-0.05, 0) is 48.4 Å². The lowest BCUT2D eigenvalue weighted by Gasteiger charge is -2.35. The number of benzene rings is 2. The third-order valence-electron chi connectivity index (χ3n) is 5.66. The summed E-state index contributed by atoms with van der Waals surface area (Å²) < 4.78 is 19.3. The summed E-state index contributed by atoms with van der Waals surface area (Å²) in [6.07, 6.45) is 0. The molecule has 6 nitrogen and oxygen atoms in total. The number of aromatic nitrogens is 1. The lowest BCUT2D eigenvalue weighted by atomic mass is 10.0. The second-order valence-electron chi connectivity index (χ2n) is 7.91. The number of carbonyl (C=O) groups excluding carboxylic acids is 1. The topological polar surface area (TPSA) is 74.4 Å². The zero-order valence-corrected chi connectivity index (χ0v) is 17.9. The number of hydrogen-bond donors (Lipinski definition) is 2. The second-order valence-corrected chi connectivity index (χ2v) is 7.91. The van der Waals surface area contributed by atoms with Crippen LogP contribution < -0.4 is 10.9 Å². The smallest absolute Gasteiger partial charge is 0.261 e. The van der Waals surface area contributed by atoms with E-state index >= 15 is 0 Å². The minimum absolute atomic E-state index is 0.0429. The summed E-state index contributed by atoms with van der Waals surface area (Å²) in [6, 6.07) is 17.2. The van der Waals surface area contributed by atoms with E-state index in [4.69, 9.17) is 4.74 Å². The van der Waals surface area contributed by atoms with Crippen LogP contribution in [0.2, 0.25) is 0 Å². The van der Waals surface area contributed by atoms with E-state index in [1.165, 1.54) is 18.2 Å². The highest BCUT2D eigenvalue weighted by molar-refractivity contribution is 5.94. The van der Waals surface area contributed by atoms with Gasteiger partial charge in [-0.3, -0.25) is 14.5 Å². The van der Waals surface area contributed by atoms with Crippen molar-refractivity contribution < 1.29 is 13.9 Å². The lowest BCUT2D eigenvalue weighted by molar-refractivity contribution is 0.0162. The van der Waals surface area contributed by atoms with E-state index in [2.05, 4.69) is 15.2 Å². The molecule has 1 aliphatic heterocycles. The number of carbonyl (C=O) groups is 1. The van der Waals surface area contributed by atoms with Crippen LogP contribution >= 0.6 is 0 Å². The molecule has 7 heteroatoms. The number of rotatable bonds is 6. The van der Waals surface area contributed by atoms with Crippen LogP contribution in [0.5, 0.6) is 0 Å². The molecule has 3 aromatic rings. The molecule has 2 aromatic carbocycles. The maximum Gasteiger partial charge on any atom is 0.261 e. The number of amides is 1. The summed E-state index contributed by atoms with van der Waals surface area (Å²) in [6.45, 7) is 4.76. The predicted octanol–water partition coefficient (Wildman–Crippen LogP) is 3.29. The molecule has 0 bridgehead atoms. The molecule has 1 aromatic heterocycles. The van der Waals surface area contributed by atoms with Crippen LogP contribution in [0.25, 0.3) is 11.3 Å². The highest BCUT2D eigenvalue weighted by atomic mass is 19.1. The van der Waals surface area contributed by atoms with Gasteiger partial charge in [0.2, 0.25) is 0 Å². The molecule has 4 rings (SSSR count). The monoisotopic (exact) mass is 435 g/mol. The van der Waals surface area contributed by atoms with Crippen LogP contribution in [0.3, 0.4) is 0 Å². The third kappa shape index (κ3) is 5.12. The molecule has 0 spiro atoms. The van der Waals surface area contributed by atoms with Gasteiger partial charge < -0.3 is 15.0 Å². The van der Waals surface area contributed by atoms with Gasteiger partial charge in [-0.1, -0.05) is 35.9 Å². The molecule has 1 unspecified atom stereocenters. The Morgan fingerprint density at radius 3 is 2.62 bits per heavy atom. The van der Waals surface area contributed by atoms with Crippen LogP contribution in [0, 0.1) is 12.7 Å². The molecule has 0 aliphatic carbocycles. The van der Waals surface area contributed by atoms with Gasteiger partial charge in [-0.2, -0.15) is 0 Å². The minimum atomic E-state index is -0.461. The van der Waals surface area contributed by atoms with Gasteiger partial charge in [0.05, 0.1) is 19.3 Å². The van der Waals surface area contributed by atoms with Crippen molar-refractivity contribution in [2.75, 3.05) is 32.8 Å². The molecular weight excluding hydrogens is 409 g/mol. The van der Waals surface area contributed by atoms with E-state index in [-0.39, 0.29) is 24.0 Å². The summed E-state index contributed by atoms with van der Waals surface area (Å²) in [4.78, 5) is 30.4. The summed E-state index contributed by atoms with van der Waals surface area (Å²) in [5.41, 5.74) is 2.98. The minimum Gasteiger partial charge on any atom is -0.379 e. The molecule has 1 saturated heterocycles. The van der Waals surface area contributed by atoms with E-state index in [1.807, 2.05) is 37.3 Å². The Hall–Kier alpha value is -3.29. The molecule has 1 fully saturated rings. The first kappa shape index (κ1) is 21.9. The Labute approximate surface area is 186 Å². The van der Waals surface area contributed by atoms with Gasteiger partial charge in [0, 0.05) is 25.3 Å². The summed E-state index contributed by atoms with van der Waals surface area (Å²) >= 11 is 0. The molecular formula is C25H26FN3O3. The van der Waals surface area contributed by atoms with Crippen molar-refractivity contribution in [3.63, 3.8) is 0 Å². The molecule has 1 aliphatic rings. The Balaban J connectivity index is 1.51. The highest BCUT2D eigenvalue weighted by Crippen LogP contribution is 2.22. The van der Waals surface area contributed by atoms with Crippen molar-refractivity contribution in [2.45, 2.75) is 13.0 Å². The van der Waals surface area contributed by atoms with Gasteiger partial charge in [0.15, 0.2) is 0 Å². The quantitative estimate of drug-likeness (QED) is 0.623. The third-order valence-corrected chi connectivity index (χ3v) is 5.66. The van der Waals surface area contributed by atoms with E-state index in [0.717, 1.165) is 16.7 Å². The Morgan fingerprint density at radius 1 is 1.12 bits per heavy atom. The molecule has 0 saturated carbocycles. The molecule has 2 N–H and O–H groups in total. The number of nitrogens with one attached hydrogen (secondary N) is 2. The van der Waals surface area contributed by atoms with Crippen LogP contribution in [-0.4, -0.2) is 48.6 Å². The molecule has 32 heavy (non-hydrogen) atoms. The number of halogens is 1. The number of nitrogens with zero attached hydrogens (tertiary/aromatic N) is 1. The van der Waals surface area contributed by atoms with Gasteiger partial charge in [0.25, 0.3) is 11.5 Å². The zero-order valence-electron chi connectivity index (χ0n) is 17.9. The van der Waals surface area contributed by atoms with Gasteiger partial charge in [0.1, 0.15) is 11.4 Å². The largest absolute Gasteiger partial charge is 0.379 e. The fraction of sp³-hybridized carbons (Fsp3) is 0.280. The van der Waals surface area contributed by atoms with Crippen LogP contribution in [0.15, 0.2) is 65.5 Å². The number of H-pyrrole nitrogens is 1. The van der Waals surface area contributed by atoms with Crippen molar-refractivity contribution in [1.82, 2.24) is 15.2 Å². The van der Waals surface area contributed by atoms with E-state index < -0.39 is 11.5 Å². The van der Waals surface area contributed by atoms with Crippen molar-refractivity contribution >= 4 is 5.91 Å². The predicted molar refractivity (Wildman–Crippen MR) is 121 cm³/mol. The number of hydrogen-bond acceptors (Lipinski definition) is 4. The van der Waals surface area contributed by atoms with Crippen molar-refractivity contribution in [1.29, 1.82) is 0 Å². The molecule has 0 radical (unpaired) electrons. The van der Waals surface area contributed by atoms with E-state index in [1.54, 1.807) is 12.1 Å². The lowest BCUT2D eigenvalue weighted by Crippen LogP contribution is -2.44. The van der Waals surface area contributed by atoms with Gasteiger partial charge in [-0.15, -0.1) is 0 Å². The van der Waals surface area contributed by atoms with Crippen LogP contribution in [0.1, 0.15) is 27.5 Å². The highest BCUT2D eigenvalue weighted by Gasteiger charge is 2.24. The Kier molecular flexibility index (Phi) is 6.78. The van der Waals surface area contributed by atoms with Crippen molar-refractivity contribution in [3.8, 4) is 11.3 Å². The zero-order chi connectivity index (χ0) is 22.5. The number of aromatic amines is 1. The van der Waals surface area contributed by atoms with Gasteiger partial charge in [-0.25, -0.2) is 4.39 Å². The maximum atomic E-state index is 13.8. The maximum absolute atomic E-state index is 13.8. The second kappa shape index (κ2) is 9.89. The van der Waals surface area contributed by atoms with E-state index in [0.29, 0.717) is 32.0 Å². The summed E-state index contributed by atoms with van der Waals surface area (Å²) in [7, 11) is 0. The van der Waals surface area contributed by atoms with Crippen molar-refractivity contribution in [3.05, 3.63) is 93.5 Å². The number of ether oxygens (including phenoxy) is 1. The number of aryl methyl sites for hydroxylation is 1. The first-order valence-corrected chi connectivity index (χ1v) is 10.7.